The predicted octanol–water partition coefficient (Wildman–Crippen LogP) is 5.81. The number of hydrogen-bond donors (Lipinski definition) is 0. The molecule has 0 fully saturated rings. The third kappa shape index (κ3) is 2.48. The van der Waals surface area contributed by atoms with Gasteiger partial charge < -0.3 is 8.83 Å². The summed E-state index contributed by atoms with van der Waals surface area (Å²) >= 11 is 0. The van der Waals surface area contributed by atoms with Gasteiger partial charge in [-0.15, -0.1) is 10.2 Å². The van der Waals surface area contributed by atoms with Crippen LogP contribution in [0.3, 0.4) is 0 Å². The zero-order valence-corrected chi connectivity index (χ0v) is 13.8. The molecule has 4 nitrogen and oxygen atoms in total. The van der Waals surface area contributed by atoms with Crippen LogP contribution in [0.1, 0.15) is 11.7 Å². The van der Waals surface area contributed by atoms with Crippen molar-refractivity contribution >= 4 is 33.7 Å². The number of fused-ring (bicyclic) bond motifs is 2. The van der Waals surface area contributed by atoms with Gasteiger partial charge in [-0.25, -0.2) is 0 Å². The maximum absolute atomic E-state index is 5.93. The highest BCUT2D eigenvalue weighted by molar-refractivity contribution is 6.11. The highest BCUT2D eigenvalue weighted by atomic mass is 16.4. The Bertz CT molecular complexity index is 1180. The van der Waals surface area contributed by atoms with Crippen molar-refractivity contribution in [2.75, 3.05) is 0 Å². The molecule has 2 heterocycles. The molecule has 5 aromatic rings. The van der Waals surface area contributed by atoms with E-state index in [9.17, 15) is 0 Å². The zero-order valence-electron chi connectivity index (χ0n) is 13.8. The molecule has 0 N–H and O–H groups in total. The maximum Gasteiger partial charge on any atom is 0.249 e. The number of furan rings is 1. The molecule has 124 valence electrons. The summed E-state index contributed by atoms with van der Waals surface area (Å²) in [5, 5.41) is 12.9. The number of rotatable bonds is 3. The summed E-state index contributed by atoms with van der Waals surface area (Å²) in [6, 6.07) is 22.4. The van der Waals surface area contributed by atoms with E-state index < -0.39 is 0 Å². The average molecular weight is 338 g/mol. The Labute approximate surface area is 149 Å². The predicted molar refractivity (Wildman–Crippen MR) is 102 cm³/mol. The summed E-state index contributed by atoms with van der Waals surface area (Å²) in [5.74, 6) is 1.69. The Morgan fingerprint density at radius 2 is 1.46 bits per heavy atom. The molecule has 0 bridgehead atoms. The van der Waals surface area contributed by atoms with Crippen LogP contribution in [-0.4, -0.2) is 10.2 Å². The SMILES string of the molecule is C(=C\c1nnc(-c2c3ccccc3cc3ccccc23)o1)/c1ccco1. The Balaban J connectivity index is 1.68. The molecule has 0 aliphatic carbocycles. The molecular weight excluding hydrogens is 324 g/mol. The molecule has 26 heavy (non-hydrogen) atoms. The van der Waals surface area contributed by atoms with Gasteiger partial charge in [-0.2, -0.15) is 0 Å². The molecule has 0 radical (unpaired) electrons. The first-order valence-electron chi connectivity index (χ1n) is 8.34. The second kappa shape index (κ2) is 6.01. The van der Waals surface area contributed by atoms with Crippen molar-refractivity contribution in [1.29, 1.82) is 0 Å². The number of aromatic nitrogens is 2. The molecule has 3 aromatic carbocycles. The van der Waals surface area contributed by atoms with E-state index in [0.717, 1.165) is 32.9 Å². The van der Waals surface area contributed by atoms with Gasteiger partial charge in [0, 0.05) is 6.08 Å². The molecule has 0 atom stereocenters. The lowest BCUT2D eigenvalue weighted by Crippen LogP contribution is -1.85. The van der Waals surface area contributed by atoms with Crippen LogP contribution in [0.2, 0.25) is 0 Å². The van der Waals surface area contributed by atoms with Crippen LogP contribution in [0, 0.1) is 0 Å². The summed E-state index contributed by atoms with van der Waals surface area (Å²) in [6.07, 6.45) is 5.18. The topological polar surface area (TPSA) is 52.1 Å². The van der Waals surface area contributed by atoms with Gasteiger partial charge in [0.1, 0.15) is 5.76 Å². The van der Waals surface area contributed by atoms with Crippen LogP contribution >= 0.6 is 0 Å². The Hall–Kier alpha value is -3.66. The minimum absolute atomic E-state index is 0.438. The molecule has 0 amide bonds. The first-order valence-corrected chi connectivity index (χ1v) is 8.34. The van der Waals surface area contributed by atoms with E-state index in [1.54, 1.807) is 18.4 Å². The summed E-state index contributed by atoms with van der Waals surface area (Å²) < 4.78 is 11.2. The second-order valence-electron chi connectivity index (χ2n) is 5.99. The standard InChI is InChI=1S/C22H14N2O2/c1-3-9-18-15(6-1)14-16-7-2-4-10-19(16)21(18)22-24-23-20(26-22)12-11-17-8-5-13-25-17/h1-14H/b12-11+. The van der Waals surface area contributed by atoms with Crippen LogP contribution in [0.25, 0.3) is 45.2 Å². The minimum atomic E-state index is 0.438. The quantitative estimate of drug-likeness (QED) is 0.390. The van der Waals surface area contributed by atoms with E-state index in [0.29, 0.717) is 11.8 Å². The van der Waals surface area contributed by atoms with Crippen LogP contribution in [0.4, 0.5) is 0 Å². The number of nitrogens with zero attached hydrogens (tertiary/aromatic N) is 2. The third-order valence-corrected chi connectivity index (χ3v) is 4.36. The van der Waals surface area contributed by atoms with E-state index in [4.69, 9.17) is 8.83 Å². The smallest absolute Gasteiger partial charge is 0.249 e. The van der Waals surface area contributed by atoms with E-state index in [2.05, 4.69) is 40.5 Å². The first kappa shape index (κ1) is 14.7. The summed E-state index contributed by atoms with van der Waals surface area (Å²) in [5.41, 5.74) is 0.962. The van der Waals surface area contributed by atoms with Gasteiger partial charge in [0.05, 0.1) is 11.8 Å². The summed E-state index contributed by atoms with van der Waals surface area (Å²) in [7, 11) is 0. The fourth-order valence-corrected chi connectivity index (χ4v) is 3.19. The van der Waals surface area contributed by atoms with Crippen LogP contribution in [0.5, 0.6) is 0 Å². The van der Waals surface area contributed by atoms with Gasteiger partial charge in [-0.05, 0) is 45.8 Å². The van der Waals surface area contributed by atoms with Gasteiger partial charge >= 0.3 is 0 Å². The molecular formula is C22H14N2O2. The fraction of sp³-hybridized carbons (Fsp3) is 0. The highest BCUT2D eigenvalue weighted by Gasteiger charge is 2.15. The van der Waals surface area contributed by atoms with Crippen molar-refractivity contribution in [3.63, 3.8) is 0 Å². The van der Waals surface area contributed by atoms with Gasteiger partial charge in [0.2, 0.25) is 11.8 Å². The molecule has 4 heteroatoms. The van der Waals surface area contributed by atoms with Crippen LogP contribution in [-0.2, 0) is 0 Å². The Morgan fingerprint density at radius 1 is 0.731 bits per heavy atom. The van der Waals surface area contributed by atoms with Gasteiger partial charge in [0.15, 0.2) is 0 Å². The molecule has 0 aliphatic rings. The zero-order chi connectivity index (χ0) is 17.3. The van der Waals surface area contributed by atoms with Crippen molar-refractivity contribution in [2.45, 2.75) is 0 Å². The van der Waals surface area contributed by atoms with Crippen molar-refractivity contribution in [3.8, 4) is 11.5 Å². The second-order valence-corrected chi connectivity index (χ2v) is 5.99. The molecule has 2 aromatic heterocycles. The van der Waals surface area contributed by atoms with E-state index in [1.807, 2.05) is 36.4 Å². The van der Waals surface area contributed by atoms with E-state index >= 15 is 0 Å². The van der Waals surface area contributed by atoms with Gasteiger partial charge in [-0.3, -0.25) is 0 Å². The maximum atomic E-state index is 5.93. The van der Waals surface area contributed by atoms with Gasteiger partial charge in [0.25, 0.3) is 0 Å². The molecule has 0 unspecified atom stereocenters. The summed E-state index contributed by atoms with van der Waals surface area (Å²) in [4.78, 5) is 0. The molecule has 5 rings (SSSR count). The minimum Gasteiger partial charge on any atom is -0.465 e. The number of hydrogen-bond acceptors (Lipinski definition) is 4. The van der Waals surface area contributed by atoms with E-state index in [1.165, 1.54) is 0 Å². The molecule has 0 saturated carbocycles. The molecule has 0 spiro atoms. The van der Waals surface area contributed by atoms with Crippen molar-refractivity contribution in [3.05, 3.63) is 84.6 Å². The van der Waals surface area contributed by atoms with Crippen molar-refractivity contribution < 1.29 is 8.83 Å². The van der Waals surface area contributed by atoms with Crippen molar-refractivity contribution in [1.82, 2.24) is 10.2 Å². The van der Waals surface area contributed by atoms with Gasteiger partial charge in [-0.1, -0.05) is 48.5 Å². The highest BCUT2D eigenvalue weighted by Crippen LogP contribution is 2.35. The van der Waals surface area contributed by atoms with Crippen LogP contribution < -0.4 is 0 Å². The van der Waals surface area contributed by atoms with Crippen LogP contribution in [0.15, 0.2) is 81.8 Å². The molecule has 0 aliphatic heterocycles. The largest absolute Gasteiger partial charge is 0.465 e. The fourth-order valence-electron chi connectivity index (χ4n) is 3.19. The monoisotopic (exact) mass is 338 g/mol. The first-order chi connectivity index (χ1) is 12.9. The Kier molecular flexibility index (Phi) is 3.39. The molecule has 0 saturated heterocycles. The normalized spacial score (nSPS) is 11.7. The lowest BCUT2D eigenvalue weighted by atomic mass is 9.97. The lowest BCUT2D eigenvalue weighted by Gasteiger charge is -2.08. The lowest BCUT2D eigenvalue weighted by molar-refractivity contribution is 0.553. The number of benzene rings is 3. The average Bonchev–Trinajstić information content (AvgIpc) is 3.36. The van der Waals surface area contributed by atoms with E-state index in [-0.39, 0.29) is 0 Å². The Morgan fingerprint density at radius 3 is 2.15 bits per heavy atom. The summed E-state index contributed by atoms with van der Waals surface area (Å²) in [6.45, 7) is 0. The third-order valence-electron chi connectivity index (χ3n) is 4.36. The van der Waals surface area contributed by atoms with Crippen molar-refractivity contribution in [2.24, 2.45) is 0 Å².